The molecule has 0 fully saturated rings. The normalized spacial score (nSPS) is 11.9. The summed E-state index contributed by atoms with van der Waals surface area (Å²) in [6.45, 7) is 3.99. The number of amides is 1. The Labute approximate surface area is 126 Å². The maximum atomic E-state index is 12.3. The molecule has 0 aliphatic rings. The van der Waals surface area contributed by atoms with Crippen molar-refractivity contribution in [3.63, 3.8) is 0 Å². The molecule has 5 nitrogen and oxygen atoms in total. The molecule has 0 aliphatic carbocycles. The standard InChI is InChI=1S/C16H24N2O3/c1-11(2)9-14(16(20)21-5)17-15(19)12-7-6-8-13(10-12)18(3)4/h6-8,10-11,14H,9H2,1-5H3,(H,17,19). The lowest BCUT2D eigenvalue weighted by atomic mass is 10.0. The minimum absolute atomic E-state index is 0.269. The van der Waals surface area contributed by atoms with Crippen LogP contribution in [0.25, 0.3) is 0 Å². The first-order chi connectivity index (χ1) is 9.85. The summed E-state index contributed by atoms with van der Waals surface area (Å²) >= 11 is 0. The predicted octanol–water partition coefficient (Wildman–Crippen LogP) is 2.07. The lowest BCUT2D eigenvalue weighted by Crippen LogP contribution is -2.42. The highest BCUT2D eigenvalue weighted by Gasteiger charge is 2.23. The molecular weight excluding hydrogens is 268 g/mol. The van der Waals surface area contributed by atoms with Gasteiger partial charge in [-0.25, -0.2) is 4.79 Å². The van der Waals surface area contributed by atoms with Gasteiger partial charge in [0.1, 0.15) is 6.04 Å². The highest BCUT2D eigenvalue weighted by Crippen LogP contribution is 2.14. The number of anilines is 1. The molecule has 1 unspecified atom stereocenters. The Bertz CT molecular complexity index is 498. The fraction of sp³-hybridized carbons (Fsp3) is 0.500. The van der Waals surface area contributed by atoms with Gasteiger partial charge < -0.3 is 15.0 Å². The van der Waals surface area contributed by atoms with Crippen LogP contribution in [0.15, 0.2) is 24.3 Å². The minimum Gasteiger partial charge on any atom is -0.467 e. The summed E-state index contributed by atoms with van der Waals surface area (Å²) in [7, 11) is 5.15. The van der Waals surface area contributed by atoms with Gasteiger partial charge in [-0.2, -0.15) is 0 Å². The van der Waals surface area contributed by atoms with Crippen molar-refractivity contribution in [2.45, 2.75) is 26.3 Å². The van der Waals surface area contributed by atoms with Gasteiger partial charge in [-0.05, 0) is 30.5 Å². The summed E-state index contributed by atoms with van der Waals surface area (Å²) in [4.78, 5) is 26.0. The first-order valence-corrected chi connectivity index (χ1v) is 7.01. The van der Waals surface area contributed by atoms with E-state index in [1.54, 1.807) is 12.1 Å². The monoisotopic (exact) mass is 292 g/mol. The molecule has 0 radical (unpaired) electrons. The van der Waals surface area contributed by atoms with Crippen LogP contribution < -0.4 is 10.2 Å². The molecule has 1 atom stereocenters. The Morgan fingerprint density at radius 2 is 1.95 bits per heavy atom. The van der Waals surface area contributed by atoms with Gasteiger partial charge in [0.05, 0.1) is 7.11 Å². The summed E-state index contributed by atoms with van der Waals surface area (Å²) in [6, 6.07) is 6.64. The molecule has 116 valence electrons. The number of nitrogens with zero attached hydrogens (tertiary/aromatic N) is 1. The van der Waals surface area contributed by atoms with Crippen LogP contribution >= 0.6 is 0 Å². The summed E-state index contributed by atoms with van der Waals surface area (Å²) in [5.41, 5.74) is 1.46. The van der Waals surface area contributed by atoms with Crippen LogP contribution in [0.1, 0.15) is 30.6 Å². The Morgan fingerprint density at radius 3 is 2.48 bits per heavy atom. The minimum atomic E-state index is -0.620. The van der Waals surface area contributed by atoms with E-state index in [9.17, 15) is 9.59 Å². The molecule has 0 spiro atoms. The summed E-state index contributed by atoms with van der Waals surface area (Å²) in [6.07, 6.45) is 0.547. The van der Waals surface area contributed by atoms with Crippen LogP contribution in [0.3, 0.4) is 0 Å². The van der Waals surface area contributed by atoms with E-state index >= 15 is 0 Å². The number of carbonyl (C=O) groups excluding carboxylic acids is 2. The molecule has 0 saturated heterocycles. The van der Waals surface area contributed by atoms with E-state index in [0.29, 0.717) is 12.0 Å². The summed E-state index contributed by atoms with van der Waals surface area (Å²) < 4.78 is 4.75. The number of ether oxygens (including phenoxy) is 1. The number of carbonyl (C=O) groups is 2. The fourth-order valence-corrected chi connectivity index (χ4v) is 1.99. The molecule has 5 heteroatoms. The first-order valence-electron chi connectivity index (χ1n) is 7.01. The highest BCUT2D eigenvalue weighted by atomic mass is 16.5. The van der Waals surface area contributed by atoms with Crippen LogP contribution in [0.2, 0.25) is 0 Å². The number of hydrogen-bond acceptors (Lipinski definition) is 4. The van der Waals surface area contributed by atoms with Gasteiger partial charge in [0.2, 0.25) is 0 Å². The molecular formula is C16H24N2O3. The molecule has 1 aromatic carbocycles. The summed E-state index contributed by atoms with van der Waals surface area (Å²) in [5, 5.41) is 2.75. The maximum Gasteiger partial charge on any atom is 0.328 e. The van der Waals surface area contributed by atoms with Gasteiger partial charge in [0.25, 0.3) is 5.91 Å². The largest absolute Gasteiger partial charge is 0.467 e. The Morgan fingerprint density at radius 1 is 1.29 bits per heavy atom. The fourth-order valence-electron chi connectivity index (χ4n) is 1.99. The molecule has 0 bridgehead atoms. The van der Waals surface area contributed by atoms with Crippen molar-refractivity contribution in [3.05, 3.63) is 29.8 Å². The zero-order valence-corrected chi connectivity index (χ0v) is 13.3. The molecule has 1 aromatic rings. The third-order valence-corrected chi connectivity index (χ3v) is 3.12. The predicted molar refractivity (Wildman–Crippen MR) is 83.5 cm³/mol. The van der Waals surface area contributed by atoms with Gasteiger partial charge in [0.15, 0.2) is 0 Å². The molecule has 0 saturated carbocycles. The molecule has 1 rings (SSSR count). The highest BCUT2D eigenvalue weighted by molar-refractivity contribution is 5.97. The van der Waals surface area contributed by atoms with Crippen molar-refractivity contribution < 1.29 is 14.3 Å². The average molecular weight is 292 g/mol. The second-order valence-corrected chi connectivity index (χ2v) is 5.62. The topological polar surface area (TPSA) is 58.6 Å². The SMILES string of the molecule is COC(=O)C(CC(C)C)NC(=O)c1cccc(N(C)C)c1. The Hall–Kier alpha value is -2.04. The molecule has 0 aromatic heterocycles. The maximum absolute atomic E-state index is 12.3. The van der Waals surface area contributed by atoms with Crippen molar-refractivity contribution in [1.82, 2.24) is 5.32 Å². The number of nitrogens with one attached hydrogen (secondary N) is 1. The summed E-state index contributed by atoms with van der Waals surface area (Å²) in [5.74, 6) is -0.405. The second kappa shape index (κ2) is 7.67. The number of benzene rings is 1. The smallest absolute Gasteiger partial charge is 0.328 e. The van der Waals surface area contributed by atoms with Crippen LogP contribution in [0.5, 0.6) is 0 Å². The molecule has 1 amide bonds. The van der Waals surface area contributed by atoms with Crippen molar-refractivity contribution in [1.29, 1.82) is 0 Å². The Kier molecular flexibility index (Phi) is 6.21. The van der Waals surface area contributed by atoms with Crippen molar-refractivity contribution in [2.75, 3.05) is 26.1 Å². The number of methoxy groups -OCH3 is 1. The van der Waals surface area contributed by atoms with E-state index in [0.717, 1.165) is 5.69 Å². The van der Waals surface area contributed by atoms with E-state index in [1.807, 2.05) is 45.0 Å². The third-order valence-electron chi connectivity index (χ3n) is 3.12. The van der Waals surface area contributed by atoms with Gasteiger partial charge in [-0.1, -0.05) is 19.9 Å². The lowest BCUT2D eigenvalue weighted by Gasteiger charge is -2.19. The second-order valence-electron chi connectivity index (χ2n) is 5.62. The first kappa shape index (κ1) is 17.0. The van der Waals surface area contributed by atoms with Gasteiger partial charge in [-0.15, -0.1) is 0 Å². The van der Waals surface area contributed by atoms with Gasteiger partial charge >= 0.3 is 5.97 Å². The van der Waals surface area contributed by atoms with Crippen molar-refractivity contribution in [3.8, 4) is 0 Å². The van der Waals surface area contributed by atoms with Crippen LogP contribution in [-0.2, 0) is 9.53 Å². The van der Waals surface area contributed by atoms with Crippen LogP contribution in [0, 0.1) is 5.92 Å². The van der Waals surface area contributed by atoms with Crippen molar-refractivity contribution in [2.24, 2.45) is 5.92 Å². The van der Waals surface area contributed by atoms with E-state index in [4.69, 9.17) is 4.74 Å². The van der Waals surface area contributed by atoms with Gasteiger partial charge in [-0.3, -0.25) is 4.79 Å². The lowest BCUT2D eigenvalue weighted by molar-refractivity contribution is -0.143. The third kappa shape index (κ3) is 5.10. The van der Waals surface area contributed by atoms with E-state index in [-0.39, 0.29) is 11.8 Å². The number of hydrogen-bond donors (Lipinski definition) is 1. The van der Waals surface area contributed by atoms with Crippen LogP contribution in [0.4, 0.5) is 5.69 Å². The quantitative estimate of drug-likeness (QED) is 0.816. The Balaban J connectivity index is 2.86. The molecule has 1 N–H and O–H groups in total. The van der Waals surface area contributed by atoms with Crippen molar-refractivity contribution >= 4 is 17.6 Å². The molecule has 0 heterocycles. The van der Waals surface area contributed by atoms with Crippen LogP contribution in [-0.4, -0.2) is 39.1 Å². The zero-order chi connectivity index (χ0) is 16.0. The zero-order valence-electron chi connectivity index (χ0n) is 13.3. The van der Waals surface area contributed by atoms with E-state index in [1.165, 1.54) is 7.11 Å². The van der Waals surface area contributed by atoms with Gasteiger partial charge in [0, 0.05) is 25.3 Å². The van der Waals surface area contributed by atoms with E-state index < -0.39 is 12.0 Å². The molecule has 0 aliphatic heterocycles. The average Bonchev–Trinajstić information content (AvgIpc) is 2.45. The number of rotatable bonds is 6. The number of esters is 1. The molecule has 21 heavy (non-hydrogen) atoms. The van der Waals surface area contributed by atoms with E-state index in [2.05, 4.69) is 5.32 Å².